The third kappa shape index (κ3) is 2.30. The highest BCUT2D eigenvalue weighted by Gasteiger charge is 2.56. The van der Waals surface area contributed by atoms with E-state index in [1.807, 2.05) is 0 Å². The molecule has 1 aliphatic rings. The number of ether oxygens (including phenoxy) is 1. The number of aromatic nitrogens is 2. The third-order valence-electron chi connectivity index (χ3n) is 3.62. The maximum atomic E-state index is 12.1. The topological polar surface area (TPSA) is 137 Å². The first-order chi connectivity index (χ1) is 9.72. The molecule has 0 bridgehead atoms. The molecule has 2 rings (SSSR count). The van der Waals surface area contributed by atoms with Crippen molar-refractivity contribution in [2.45, 2.75) is 43.9 Å². The highest BCUT2D eigenvalue weighted by molar-refractivity contribution is 5.30. The van der Waals surface area contributed by atoms with Gasteiger partial charge in [0, 0.05) is 5.69 Å². The molecule has 6 N–H and O–H groups in total. The van der Waals surface area contributed by atoms with Crippen molar-refractivity contribution in [3.05, 3.63) is 22.2 Å². The lowest BCUT2D eigenvalue weighted by Crippen LogP contribution is -2.55. The van der Waals surface area contributed by atoms with Crippen LogP contribution < -0.4 is 17.2 Å². The quantitative estimate of drug-likeness (QED) is 0.468. The van der Waals surface area contributed by atoms with Gasteiger partial charge in [0.25, 0.3) is 0 Å². The zero-order valence-electron chi connectivity index (χ0n) is 11.7. The zero-order valence-corrected chi connectivity index (χ0v) is 11.7. The number of hydrogen-bond acceptors (Lipinski definition) is 7. The van der Waals surface area contributed by atoms with Crippen LogP contribution >= 0.6 is 0 Å². The third-order valence-corrected chi connectivity index (χ3v) is 3.62. The van der Waals surface area contributed by atoms with Gasteiger partial charge in [-0.25, -0.2) is 4.79 Å². The van der Waals surface area contributed by atoms with Gasteiger partial charge in [0.05, 0.1) is 6.10 Å². The molecule has 21 heavy (non-hydrogen) atoms. The van der Waals surface area contributed by atoms with E-state index >= 15 is 0 Å². The number of nitrogens with two attached hydrogens (primary N) is 2. The van der Waals surface area contributed by atoms with Gasteiger partial charge >= 0.3 is 5.69 Å². The molecule has 0 saturated carbocycles. The van der Waals surface area contributed by atoms with E-state index in [-0.39, 0.29) is 5.82 Å². The molecule has 0 amide bonds. The van der Waals surface area contributed by atoms with Crippen molar-refractivity contribution in [3.8, 4) is 12.3 Å². The second-order valence-electron chi connectivity index (χ2n) is 5.19. The zero-order chi connectivity index (χ0) is 15.9. The van der Waals surface area contributed by atoms with E-state index in [0.29, 0.717) is 5.69 Å². The molecule has 114 valence electrons. The number of aliphatic hydroxyl groups is 2. The predicted molar refractivity (Wildman–Crippen MR) is 75.0 cm³/mol. The van der Waals surface area contributed by atoms with E-state index in [9.17, 15) is 15.0 Å². The second-order valence-corrected chi connectivity index (χ2v) is 5.19. The van der Waals surface area contributed by atoms with Crippen molar-refractivity contribution in [2.24, 2.45) is 5.73 Å². The summed E-state index contributed by atoms with van der Waals surface area (Å²) in [5.41, 5.74) is 9.61. The lowest BCUT2D eigenvalue weighted by Gasteiger charge is -2.28. The minimum Gasteiger partial charge on any atom is -0.391 e. The first-order valence-electron chi connectivity index (χ1n) is 6.36. The van der Waals surface area contributed by atoms with Gasteiger partial charge in [-0.1, -0.05) is 5.92 Å². The van der Waals surface area contributed by atoms with E-state index in [1.54, 1.807) is 6.92 Å². The summed E-state index contributed by atoms with van der Waals surface area (Å²) < 4.78 is 6.67. The van der Waals surface area contributed by atoms with Crippen LogP contribution in [0.3, 0.4) is 0 Å². The Bertz CT molecular complexity index is 651. The Morgan fingerprint density at radius 2 is 2.29 bits per heavy atom. The molecule has 5 atom stereocenters. The van der Waals surface area contributed by atoms with Crippen molar-refractivity contribution in [3.63, 3.8) is 0 Å². The van der Waals surface area contributed by atoms with Crippen molar-refractivity contribution in [1.82, 2.24) is 9.55 Å². The Hall–Kier alpha value is -1.92. The minimum atomic E-state index is -1.67. The summed E-state index contributed by atoms with van der Waals surface area (Å²) in [6, 6.07) is 1.46. The molecule has 0 aromatic carbocycles. The van der Waals surface area contributed by atoms with Crippen LogP contribution in [-0.2, 0) is 4.74 Å². The van der Waals surface area contributed by atoms with Crippen molar-refractivity contribution >= 4 is 5.82 Å². The van der Waals surface area contributed by atoms with Gasteiger partial charge in [0.2, 0.25) is 0 Å². The first kappa shape index (κ1) is 15.5. The Morgan fingerprint density at radius 1 is 1.67 bits per heavy atom. The van der Waals surface area contributed by atoms with Gasteiger partial charge in [-0.05, 0) is 19.9 Å². The highest BCUT2D eigenvalue weighted by Crippen LogP contribution is 2.37. The number of terminal acetylenes is 1. The Labute approximate surface area is 121 Å². The van der Waals surface area contributed by atoms with Gasteiger partial charge in [-0.3, -0.25) is 4.57 Å². The van der Waals surface area contributed by atoms with Gasteiger partial charge < -0.3 is 26.4 Å². The summed E-state index contributed by atoms with van der Waals surface area (Å²) in [6.45, 7) is 3.05. The summed E-state index contributed by atoms with van der Waals surface area (Å²) in [6.07, 6.45) is 0.901. The molecular formula is C13H18N4O4. The molecule has 8 nitrogen and oxygen atoms in total. The maximum Gasteiger partial charge on any atom is 0.351 e. The number of anilines is 1. The average molecular weight is 294 g/mol. The van der Waals surface area contributed by atoms with E-state index in [2.05, 4.69) is 10.9 Å². The number of aliphatic hydroxyl groups excluding tert-OH is 2. The molecule has 2 heterocycles. The number of aryl methyl sites for hydroxylation is 1. The fourth-order valence-corrected chi connectivity index (χ4v) is 2.48. The predicted octanol–water partition coefficient (Wildman–Crippen LogP) is -1.90. The van der Waals surface area contributed by atoms with Crippen LogP contribution in [0.15, 0.2) is 10.9 Å². The fraction of sp³-hybridized carbons (Fsp3) is 0.538. The van der Waals surface area contributed by atoms with E-state index in [1.165, 1.54) is 13.0 Å². The molecule has 1 fully saturated rings. The van der Waals surface area contributed by atoms with Crippen molar-refractivity contribution in [2.75, 3.05) is 5.73 Å². The van der Waals surface area contributed by atoms with Gasteiger partial charge in [0.15, 0.2) is 11.8 Å². The molecule has 0 radical (unpaired) electrons. The molecule has 1 aliphatic heterocycles. The Morgan fingerprint density at radius 3 is 2.76 bits per heavy atom. The van der Waals surface area contributed by atoms with E-state index in [0.717, 1.165) is 4.57 Å². The second kappa shape index (κ2) is 5.13. The summed E-state index contributed by atoms with van der Waals surface area (Å²) in [7, 11) is 0. The number of hydrogen-bond donors (Lipinski definition) is 4. The summed E-state index contributed by atoms with van der Waals surface area (Å²) >= 11 is 0. The Kier molecular flexibility index (Phi) is 3.78. The van der Waals surface area contributed by atoms with Gasteiger partial charge in [0.1, 0.15) is 18.0 Å². The normalized spacial score (nSPS) is 33.6. The molecule has 0 spiro atoms. The molecule has 8 heteroatoms. The summed E-state index contributed by atoms with van der Waals surface area (Å²) in [5, 5.41) is 19.9. The van der Waals surface area contributed by atoms with Crippen LogP contribution in [0.4, 0.5) is 5.82 Å². The number of rotatable bonds is 2. The van der Waals surface area contributed by atoms with Crippen LogP contribution in [0.2, 0.25) is 0 Å². The van der Waals surface area contributed by atoms with Crippen LogP contribution in [0.25, 0.3) is 0 Å². The number of nitrogens with zero attached hydrogens (tertiary/aromatic N) is 2. The lowest BCUT2D eigenvalue weighted by molar-refractivity contribution is -0.0783. The van der Waals surface area contributed by atoms with Crippen LogP contribution in [0.5, 0.6) is 0 Å². The van der Waals surface area contributed by atoms with E-state index < -0.39 is 35.8 Å². The van der Waals surface area contributed by atoms with E-state index in [4.69, 9.17) is 22.6 Å². The highest BCUT2D eigenvalue weighted by atomic mass is 16.5. The molecular weight excluding hydrogens is 276 g/mol. The maximum absolute atomic E-state index is 12.1. The Balaban J connectivity index is 2.59. The average Bonchev–Trinajstić information content (AvgIpc) is 2.63. The lowest BCUT2D eigenvalue weighted by atomic mass is 9.90. The monoisotopic (exact) mass is 294 g/mol. The van der Waals surface area contributed by atoms with Crippen molar-refractivity contribution < 1.29 is 14.9 Å². The standard InChI is InChI=1S/C13H18N4O4/c1-4-13(15)10(19)9(7(3)18)21-11(13)17-6(2)5-8(14)16-12(17)20/h1,5,7,9-11,18-19H,15H2,2-3H3,(H2,14,16,20)/t7-,9-,10?,11-,13-/m1/s1. The smallest absolute Gasteiger partial charge is 0.351 e. The van der Waals surface area contributed by atoms with Crippen molar-refractivity contribution in [1.29, 1.82) is 0 Å². The van der Waals surface area contributed by atoms with Crippen LogP contribution in [0.1, 0.15) is 18.8 Å². The molecule has 1 aromatic rings. The van der Waals surface area contributed by atoms with Crippen LogP contribution in [-0.4, -0.2) is 43.6 Å². The minimum absolute atomic E-state index is 0.0581. The molecule has 1 aromatic heterocycles. The largest absolute Gasteiger partial charge is 0.391 e. The summed E-state index contributed by atoms with van der Waals surface area (Å²) in [5.74, 6) is 2.32. The first-order valence-corrected chi connectivity index (χ1v) is 6.36. The summed E-state index contributed by atoms with van der Waals surface area (Å²) in [4.78, 5) is 15.7. The molecule has 1 saturated heterocycles. The SMILES string of the molecule is C#C[C@@]1(N)C(O)[C@@H]([C@@H](C)O)O[C@H]1n1c(C)cc(N)nc1=O. The molecule has 1 unspecified atom stereocenters. The van der Waals surface area contributed by atoms with Gasteiger partial charge in [-0.15, -0.1) is 6.42 Å². The fourth-order valence-electron chi connectivity index (χ4n) is 2.48. The van der Waals surface area contributed by atoms with Gasteiger partial charge in [-0.2, -0.15) is 4.98 Å². The number of nitrogen functional groups attached to an aromatic ring is 1. The molecule has 0 aliphatic carbocycles. The van der Waals surface area contributed by atoms with Crippen LogP contribution in [0, 0.1) is 19.3 Å².